The molecular weight excluding hydrogens is 380 g/mol. The van der Waals surface area contributed by atoms with Gasteiger partial charge in [0.1, 0.15) is 0 Å². The van der Waals surface area contributed by atoms with E-state index >= 15 is 0 Å². The van der Waals surface area contributed by atoms with Crippen LogP contribution in [-0.2, 0) is 19.4 Å². The summed E-state index contributed by atoms with van der Waals surface area (Å²) in [6.45, 7) is 5.12. The maximum atomic E-state index is 4.58. The molecule has 1 aromatic heterocycles. The van der Waals surface area contributed by atoms with Gasteiger partial charge in [0.25, 0.3) is 0 Å². The monoisotopic (exact) mass is 398 g/mol. The highest BCUT2D eigenvalue weighted by molar-refractivity contribution is 9.10. The van der Waals surface area contributed by atoms with Crippen LogP contribution in [0.1, 0.15) is 23.9 Å². The van der Waals surface area contributed by atoms with Crippen LogP contribution in [0.15, 0.2) is 34.8 Å². The largest absolute Gasteiger partial charge is 0.268 e. The fraction of sp³-hybridized carbons (Fsp3) is 0.438. The highest BCUT2D eigenvalue weighted by Gasteiger charge is 2.17. The Bertz CT molecular complexity index is 549. The molecule has 1 heterocycles. The molecule has 20 heavy (non-hydrogen) atoms. The summed E-state index contributed by atoms with van der Waals surface area (Å²) in [5, 5.41) is 5.58. The zero-order valence-corrected chi connectivity index (χ0v) is 15.1. The van der Waals surface area contributed by atoms with E-state index < -0.39 is 0 Å². The third-order valence-corrected chi connectivity index (χ3v) is 5.47. The Hall–Kier alpha value is -0.610. The van der Waals surface area contributed by atoms with Crippen molar-refractivity contribution in [1.29, 1.82) is 0 Å². The van der Waals surface area contributed by atoms with Crippen LogP contribution >= 0.6 is 31.9 Å². The normalized spacial score (nSPS) is 12.6. The van der Waals surface area contributed by atoms with Crippen molar-refractivity contribution in [3.05, 3.63) is 51.8 Å². The number of halogens is 2. The van der Waals surface area contributed by atoms with Gasteiger partial charge in [0.2, 0.25) is 0 Å². The van der Waals surface area contributed by atoms with Crippen molar-refractivity contribution in [1.82, 2.24) is 9.78 Å². The minimum Gasteiger partial charge on any atom is -0.268 e. The molecule has 0 aliphatic carbocycles. The summed E-state index contributed by atoms with van der Waals surface area (Å²) < 4.78 is 3.28. The molecule has 0 spiro atoms. The average Bonchev–Trinajstić information content (AvgIpc) is 2.75. The molecule has 108 valence electrons. The molecule has 0 fully saturated rings. The number of nitrogens with zero attached hydrogens (tertiary/aromatic N) is 2. The van der Waals surface area contributed by atoms with Crippen molar-refractivity contribution in [3.8, 4) is 0 Å². The summed E-state index contributed by atoms with van der Waals surface area (Å²) in [6, 6.07) is 10.7. The molecule has 2 nitrogen and oxygen atoms in total. The van der Waals surface area contributed by atoms with Crippen LogP contribution < -0.4 is 0 Å². The topological polar surface area (TPSA) is 17.8 Å². The minimum atomic E-state index is 0.579. The molecule has 0 amide bonds. The Kier molecular flexibility index (Phi) is 5.85. The van der Waals surface area contributed by atoms with E-state index in [2.05, 4.69) is 85.8 Å². The van der Waals surface area contributed by atoms with Gasteiger partial charge < -0.3 is 0 Å². The molecule has 1 atom stereocenters. The molecular formula is C16H20Br2N2. The lowest BCUT2D eigenvalue weighted by molar-refractivity contribution is 0.535. The third kappa shape index (κ3) is 3.73. The van der Waals surface area contributed by atoms with Gasteiger partial charge in [-0.2, -0.15) is 5.10 Å². The first-order chi connectivity index (χ1) is 9.65. The van der Waals surface area contributed by atoms with E-state index in [0.29, 0.717) is 5.92 Å². The van der Waals surface area contributed by atoms with Crippen molar-refractivity contribution in [3.63, 3.8) is 0 Å². The Morgan fingerprint density at radius 1 is 1.20 bits per heavy atom. The first-order valence-electron chi connectivity index (χ1n) is 6.97. The van der Waals surface area contributed by atoms with Crippen LogP contribution in [0.5, 0.6) is 0 Å². The smallest absolute Gasteiger partial charge is 0.0738 e. The van der Waals surface area contributed by atoms with Gasteiger partial charge in [-0.05, 0) is 54.1 Å². The summed E-state index contributed by atoms with van der Waals surface area (Å²) in [7, 11) is 0. The van der Waals surface area contributed by atoms with E-state index in [4.69, 9.17) is 0 Å². The van der Waals surface area contributed by atoms with Crippen molar-refractivity contribution in [2.75, 3.05) is 5.33 Å². The standard InChI is InChI=1S/C16H20Br2N2/c1-3-20-15(16(18)12(2)19-20)10-14(11-17)9-13-7-5-4-6-8-13/h4-8,14H,3,9-11H2,1-2H3. The first-order valence-corrected chi connectivity index (χ1v) is 8.88. The SMILES string of the molecule is CCn1nc(C)c(Br)c1CC(CBr)Cc1ccccc1. The number of benzene rings is 1. The van der Waals surface area contributed by atoms with E-state index in [-0.39, 0.29) is 0 Å². The van der Waals surface area contributed by atoms with E-state index in [1.165, 1.54) is 15.7 Å². The number of alkyl halides is 1. The van der Waals surface area contributed by atoms with Gasteiger partial charge in [-0.3, -0.25) is 4.68 Å². The lowest BCUT2D eigenvalue weighted by atomic mass is 9.96. The molecule has 0 radical (unpaired) electrons. The van der Waals surface area contributed by atoms with E-state index in [9.17, 15) is 0 Å². The highest BCUT2D eigenvalue weighted by atomic mass is 79.9. The van der Waals surface area contributed by atoms with Gasteiger partial charge in [0.05, 0.1) is 15.9 Å². The van der Waals surface area contributed by atoms with Gasteiger partial charge >= 0.3 is 0 Å². The van der Waals surface area contributed by atoms with Gasteiger partial charge in [-0.15, -0.1) is 0 Å². The van der Waals surface area contributed by atoms with Crippen molar-refractivity contribution >= 4 is 31.9 Å². The summed E-state index contributed by atoms with van der Waals surface area (Å²) in [6.07, 6.45) is 2.13. The van der Waals surface area contributed by atoms with Crippen LogP contribution in [0.4, 0.5) is 0 Å². The van der Waals surface area contributed by atoms with Crippen LogP contribution in [0, 0.1) is 12.8 Å². The van der Waals surface area contributed by atoms with Gasteiger partial charge in [-0.25, -0.2) is 0 Å². The minimum absolute atomic E-state index is 0.579. The van der Waals surface area contributed by atoms with Gasteiger partial charge in [0, 0.05) is 11.9 Å². The summed E-state index contributed by atoms with van der Waals surface area (Å²) in [5.41, 5.74) is 3.78. The van der Waals surface area contributed by atoms with Crippen LogP contribution in [0.25, 0.3) is 0 Å². The second-order valence-electron chi connectivity index (χ2n) is 5.08. The van der Waals surface area contributed by atoms with E-state index in [1.54, 1.807) is 0 Å². The molecule has 4 heteroatoms. The Balaban J connectivity index is 2.14. The second-order valence-corrected chi connectivity index (χ2v) is 6.52. The summed E-state index contributed by atoms with van der Waals surface area (Å²) in [4.78, 5) is 0. The zero-order valence-electron chi connectivity index (χ0n) is 11.9. The fourth-order valence-electron chi connectivity index (χ4n) is 2.47. The molecule has 2 aromatic rings. The number of aryl methyl sites for hydroxylation is 2. The molecule has 0 bridgehead atoms. The zero-order chi connectivity index (χ0) is 14.5. The second kappa shape index (κ2) is 7.41. The Morgan fingerprint density at radius 2 is 1.90 bits per heavy atom. The quantitative estimate of drug-likeness (QED) is 0.639. The molecule has 1 unspecified atom stereocenters. The fourth-order valence-corrected chi connectivity index (χ4v) is 3.37. The summed E-state index contributed by atoms with van der Waals surface area (Å²) in [5.74, 6) is 0.579. The third-order valence-electron chi connectivity index (χ3n) is 3.52. The predicted molar refractivity (Wildman–Crippen MR) is 91.5 cm³/mol. The molecule has 0 saturated heterocycles. The molecule has 0 aliphatic rings. The maximum Gasteiger partial charge on any atom is 0.0738 e. The molecule has 0 N–H and O–H groups in total. The van der Waals surface area contributed by atoms with E-state index in [0.717, 1.165) is 30.4 Å². The number of rotatable bonds is 6. The molecule has 0 saturated carbocycles. The number of hydrogen-bond acceptors (Lipinski definition) is 1. The van der Waals surface area contributed by atoms with Crippen molar-refractivity contribution in [2.45, 2.75) is 33.2 Å². The molecule has 2 rings (SSSR count). The molecule has 1 aromatic carbocycles. The highest BCUT2D eigenvalue weighted by Crippen LogP contribution is 2.25. The lowest BCUT2D eigenvalue weighted by Gasteiger charge is -2.15. The van der Waals surface area contributed by atoms with Gasteiger partial charge in [-0.1, -0.05) is 46.3 Å². The summed E-state index contributed by atoms with van der Waals surface area (Å²) >= 11 is 7.35. The van der Waals surface area contributed by atoms with Crippen LogP contribution in [-0.4, -0.2) is 15.1 Å². The Morgan fingerprint density at radius 3 is 2.50 bits per heavy atom. The number of aromatic nitrogens is 2. The van der Waals surface area contributed by atoms with Crippen LogP contribution in [0.3, 0.4) is 0 Å². The average molecular weight is 400 g/mol. The van der Waals surface area contributed by atoms with E-state index in [1.807, 2.05) is 0 Å². The van der Waals surface area contributed by atoms with Crippen molar-refractivity contribution < 1.29 is 0 Å². The van der Waals surface area contributed by atoms with Crippen LogP contribution in [0.2, 0.25) is 0 Å². The number of hydrogen-bond donors (Lipinski definition) is 0. The van der Waals surface area contributed by atoms with Crippen molar-refractivity contribution in [2.24, 2.45) is 5.92 Å². The van der Waals surface area contributed by atoms with Gasteiger partial charge in [0.15, 0.2) is 0 Å². The lowest BCUT2D eigenvalue weighted by Crippen LogP contribution is -2.14. The predicted octanol–water partition coefficient (Wildman–Crippen LogP) is 4.77. The maximum absolute atomic E-state index is 4.58. The Labute approximate surface area is 137 Å². The first kappa shape index (κ1) is 15.8. The molecule has 0 aliphatic heterocycles.